The van der Waals surface area contributed by atoms with Gasteiger partial charge in [-0.1, -0.05) is 24.3 Å². The number of carbonyl (C=O) groups is 1. The number of nitrogens with one attached hydrogen (secondary N) is 2. The third-order valence-corrected chi connectivity index (χ3v) is 2.72. The van der Waals surface area contributed by atoms with Gasteiger partial charge in [0.05, 0.1) is 0 Å². The molecule has 2 aromatic rings. The Labute approximate surface area is 112 Å². The Balaban J connectivity index is 1.97. The highest BCUT2D eigenvalue weighted by Crippen LogP contribution is 2.12. The minimum atomic E-state index is -0.258. The maximum absolute atomic E-state index is 11.8. The Morgan fingerprint density at radius 3 is 2.37 bits per heavy atom. The largest absolute Gasteiger partial charge is 0.326 e. The second-order valence-electron chi connectivity index (χ2n) is 4.35. The molecule has 2 aromatic carbocycles. The SMILES string of the molecule is Cc1cccc(NC(=O)Nc2ccc(CN)cc2)c1. The number of carbonyl (C=O) groups excluding carboxylic acids is 1. The number of hydrogen-bond donors (Lipinski definition) is 3. The number of anilines is 2. The number of nitrogens with two attached hydrogens (primary N) is 1. The number of aryl methyl sites for hydroxylation is 1. The van der Waals surface area contributed by atoms with Crippen LogP contribution >= 0.6 is 0 Å². The molecule has 0 aliphatic heterocycles. The lowest BCUT2D eigenvalue weighted by Gasteiger charge is -2.08. The molecule has 0 unspecified atom stereocenters. The van der Waals surface area contributed by atoms with Crippen LogP contribution in [0.5, 0.6) is 0 Å². The number of amides is 2. The molecule has 0 fully saturated rings. The molecule has 0 radical (unpaired) electrons. The van der Waals surface area contributed by atoms with Crippen molar-refractivity contribution in [2.45, 2.75) is 13.5 Å². The minimum absolute atomic E-state index is 0.258. The van der Waals surface area contributed by atoms with Crippen molar-refractivity contribution in [3.8, 4) is 0 Å². The van der Waals surface area contributed by atoms with E-state index in [4.69, 9.17) is 5.73 Å². The van der Waals surface area contributed by atoms with Gasteiger partial charge in [0.2, 0.25) is 0 Å². The predicted molar refractivity (Wildman–Crippen MR) is 78.2 cm³/mol. The average Bonchev–Trinajstić information content (AvgIpc) is 2.39. The summed E-state index contributed by atoms with van der Waals surface area (Å²) in [6.07, 6.45) is 0. The maximum atomic E-state index is 11.8. The van der Waals surface area contributed by atoms with Crippen molar-refractivity contribution in [1.29, 1.82) is 0 Å². The second-order valence-corrected chi connectivity index (χ2v) is 4.35. The highest BCUT2D eigenvalue weighted by atomic mass is 16.2. The van der Waals surface area contributed by atoms with Crippen LogP contribution in [0.4, 0.5) is 16.2 Å². The third-order valence-electron chi connectivity index (χ3n) is 2.72. The molecule has 4 nitrogen and oxygen atoms in total. The smallest absolute Gasteiger partial charge is 0.323 e. The molecule has 4 N–H and O–H groups in total. The van der Waals surface area contributed by atoms with E-state index < -0.39 is 0 Å². The van der Waals surface area contributed by atoms with Crippen molar-refractivity contribution < 1.29 is 4.79 Å². The molecular weight excluding hydrogens is 238 g/mol. The monoisotopic (exact) mass is 255 g/mol. The molecule has 0 saturated carbocycles. The summed E-state index contributed by atoms with van der Waals surface area (Å²) in [5.41, 5.74) is 9.16. The Morgan fingerprint density at radius 1 is 1.05 bits per heavy atom. The minimum Gasteiger partial charge on any atom is -0.326 e. The molecule has 98 valence electrons. The van der Waals surface area contributed by atoms with Gasteiger partial charge in [0, 0.05) is 17.9 Å². The Kier molecular flexibility index (Phi) is 4.15. The van der Waals surface area contributed by atoms with Crippen molar-refractivity contribution in [3.05, 3.63) is 59.7 Å². The quantitative estimate of drug-likeness (QED) is 0.789. The van der Waals surface area contributed by atoms with Gasteiger partial charge in [0.15, 0.2) is 0 Å². The van der Waals surface area contributed by atoms with Crippen LogP contribution < -0.4 is 16.4 Å². The third kappa shape index (κ3) is 3.82. The summed E-state index contributed by atoms with van der Waals surface area (Å²) in [6.45, 7) is 2.48. The first kappa shape index (κ1) is 13.1. The number of hydrogen-bond acceptors (Lipinski definition) is 2. The molecule has 0 saturated heterocycles. The summed E-state index contributed by atoms with van der Waals surface area (Å²) in [4.78, 5) is 11.8. The van der Waals surface area contributed by atoms with Crippen molar-refractivity contribution in [3.63, 3.8) is 0 Å². The first-order valence-electron chi connectivity index (χ1n) is 6.11. The zero-order chi connectivity index (χ0) is 13.7. The highest BCUT2D eigenvalue weighted by molar-refractivity contribution is 5.99. The van der Waals surface area contributed by atoms with E-state index >= 15 is 0 Å². The number of rotatable bonds is 3. The Hall–Kier alpha value is -2.33. The van der Waals surface area contributed by atoms with Gasteiger partial charge in [-0.05, 0) is 42.3 Å². The van der Waals surface area contributed by atoms with E-state index in [1.807, 2.05) is 55.5 Å². The molecule has 19 heavy (non-hydrogen) atoms. The highest BCUT2D eigenvalue weighted by Gasteiger charge is 2.02. The number of benzene rings is 2. The van der Waals surface area contributed by atoms with Crippen molar-refractivity contribution in [1.82, 2.24) is 0 Å². The summed E-state index contributed by atoms with van der Waals surface area (Å²) in [7, 11) is 0. The topological polar surface area (TPSA) is 67.2 Å². The molecule has 0 aliphatic carbocycles. The zero-order valence-electron chi connectivity index (χ0n) is 10.8. The van der Waals surface area contributed by atoms with Gasteiger partial charge < -0.3 is 16.4 Å². The van der Waals surface area contributed by atoms with E-state index in [9.17, 15) is 4.79 Å². The van der Waals surface area contributed by atoms with Crippen LogP contribution in [0.2, 0.25) is 0 Å². The molecule has 0 heterocycles. The molecule has 2 amide bonds. The van der Waals surface area contributed by atoms with Gasteiger partial charge in [-0.25, -0.2) is 4.79 Å². The Morgan fingerprint density at radius 2 is 1.74 bits per heavy atom. The lowest BCUT2D eigenvalue weighted by Crippen LogP contribution is -2.19. The van der Waals surface area contributed by atoms with Gasteiger partial charge in [-0.3, -0.25) is 0 Å². The molecule has 0 atom stereocenters. The van der Waals surface area contributed by atoms with Crippen molar-refractivity contribution >= 4 is 17.4 Å². The summed E-state index contributed by atoms with van der Waals surface area (Å²) in [6, 6.07) is 14.8. The second kappa shape index (κ2) is 6.02. The fourth-order valence-electron chi connectivity index (χ4n) is 1.74. The van der Waals surface area contributed by atoms with Crippen molar-refractivity contribution in [2.24, 2.45) is 5.73 Å². The van der Waals surface area contributed by atoms with Crippen LogP contribution in [-0.2, 0) is 6.54 Å². The standard InChI is InChI=1S/C15H17N3O/c1-11-3-2-4-14(9-11)18-15(19)17-13-7-5-12(10-16)6-8-13/h2-9H,10,16H2,1H3,(H2,17,18,19). The lowest BCUT2D eigenvalue weighted by molar-refractivity contribution is 0.262. The molecule has 0 aliphatic rings. The van der Waals surface area contributed by atoms with E-state index in [1.54, 1.807) is 0 Å². The van der Waals surface area contributed by atoms with Crippen LogP contribution in [-0.4, -0.2) is 6.03 Å². The molecule has 0 spiro atoms. The summed E-state index contributed by atoms with van der Waals surface area (Å²) in [5, 5.41) is 5.56. The van der Waals surface area contributed by atoms with Crippen LogP contribution in [0.1, 0.15) is 11.1 Å². The normalized spacial score (nSPS) is 10.0. The van der Waals surface area contributed by atoms with E-state index in [2.05, 4.69) is 10.6 Å². The molecule has 0 aromatic heterocycles. The van der Waals surface area contributed by atoms with E-state index in [-0.39, 0.29) is 6.03 Å². The molecule has 0 bridgehead atoms. The van der Waals surface area contributed by atoms with Gasteiger partial charge >= 0.3 is 6.03 Å². The van der Waals surface area contributed by atoms with Crippen LogP contribution in [0.3, 0.4) is 0 Å². The first-order valence-corrected chi connectivity index (χ1v) is 6.11. The predicted octanol–water partition coefficient (Wildman–Crippen LogP) is 3.10. The fourth-order valence-corrected chi connectivity index (χ4v) is 1.74. The number of urea groups is 1. The van der Waals surface area contributed by atoms with E-state index in [0.717, 1.165) is 22.5 Å². The molecule has 2 rings (SSSR count). The fraction of sp³-hybridized carbons (Fsp3) is 0.133. The van der Waals surface area contributed by atoms with Gasteiger partial charge in [0.1, 0.15) is 0 Å². The zero-order valence-corrected chi connectivity index (χ0v) is 10.8. The summed E-state index contributed by atoms with van der Waals surface area (Å²) < 4.78 is 0. The summed E-state index contributed by atoms with van der Waals surface area (Å²) in [5.74, 6) is 0. The summed E-state index contributed by atoms with van der Waals surface area (Å²) >= 11 is 0. The van der Waals surface area contributed by atoms with E-state index in [0.29, 0.717) is 6.54 Å². The van der Waals surface area contributed by atoms with Gasteiger partial charge in [-0.15, -0.1) is 0 Å². The Bertz CT molecular complexity index is 564. The molecule has 4 heteroatoms. The maximum Gasteiger partial charge on any atom is 0.323 e. The van der Waals surface area contributed by atoms with Gasteiger partial charge in [0.25, 0.3) is 0 Å². The van der Waals surface area contributed by atoms with E-state index in [1.165, 1.54) is 0 Å². The van der Waals surface area contributed by atoms with Gasteiger partial charge in [-0.2, -0.15) is 0 Å². The van der Waals surface area contributed by atoms with Crippen LogP contribution in [0, 0.1) is 6.92 Å². The van der Waals surface area contributed by atoms with Crippen molar-refractivity contribution in [2.75, 3.05) is 10.6 Å². The molecular formula is C15H17N3O. The van der Waals surface area contributed by atoms with Crippen LogP contribution in [0.15, 0.2) is 48.5 Å². The first-order chi connectivity index (χ1) is 9.17. The average molecular weight is 255 g/mol. The lowest BCUT2D eigenvalue weighted by atomic mass is 10.2. The van der Waals surface area contributed by atoms with Crippen LogP contribution in [0.25, 0.3) is 0 Å².